The molecule has 426 valence electrons. The second kappa shape index (κ2) is 61.9. The van der Waals surface area contributed by atoms with Gasteiger partial charge in [-0.05, 0) is 57.8 Å². The summed E-state index contributed by atoms with van der Waals surface area (Å²) in [6, 6.07) is 0. The maximum Gasteiger partial charge on any atom is 0.306 e. The van der Waals surface area contributed by atoms with Gasteiger partial charge in [-0.2, -0.15) is 0 Å². The van der Waals surface area contributed by atoms with Crippen LogP contribution in [-0.4, -0.2) is 37.2 Å². The average molecular weight is 1020 g/mol. The molecule has 73 heavy (non-hydrogen) atoms. The molecule has 0 aromatic heterocycles. The molecule has 6 heteroatoms. The fourth-order valence-corrected chi connectivity index (χ4v) is 9.56. The smallest absolute Gasteiger partial charge is 0.306 e. The molecule has 0 aliphatic heterocycles. The van der Waals surface area contributed by atoms with Gasteiger partial charge in [0, 0.05) is 19.3 Å². The standard InChI is InChI=1S/C67H122O6/c1-4-7-10-13-16-19-21-23-24-25-26-27-28-29-30-31-32-33-34-35-36-37-38-39-40-41-42-44-45-48-51-54-57-60-66(69)72-63-64(62-71-65(68)59-56-53-50-47-18-15-12-9-6-3)73-67(70)61-58-55-52-49-46-43-22-20-17-14-11-8-5-2/h7,10,16,19,23-24,26-27,64H,4-6,8-9,11-15,17-18,20-22,25,28-63H2,1-3H3/b10-7-,19-16-,24-23-,27-26-. The van der Waals surface area contributed by atoms with Gasteiger partial charge >= 0.3 is 17.9 Å². The molecule has 6 nitrogen and oxygen atoms in total. The van der Waals surface area contributed by atoms with Gasteiger partial charge in [0.05, 0.1) is 0 Å². The predicted octanol–water partition coefficient (Wildman–Crippen LogP) is 21.8. The zero-order valence-electron chi connectivity index (χ0n) is 48.9. The minimum Gasteiger partial charge on any atom is -0.462 e. The van der Waals surface area contributed by atoms with Crippen LogP contribution in [-0.2, 0) is 28.6 Å². The Labute approximate surface area is 454 Å². The van der Waals surface area contributed by atoms with Crippen LogP contribution in [0.4, 0.5) is 0 Å². The van der Waals surface area contributed by atoms with E-state index in [1.807, 2.05) is 0 Å². The highest BCUT2D eigenvalue weighted by Crippen LogP contribution is 2.18. The number of unbranched alkanes of at least 4 members (excludes halogenated alkanes) is 40. The highest BCUT2D eigenvalue weighted by molar-refractivity contribution is 5.71. The Bertz CT molecular complexity index is 1270. The molecule has 1 unspecified atom stereocenters. The minimum atomic E-state index is -0.765. The lowest BCUT2D eigenvalue weighted by Gasteiger charge is -2.18. The molecule has 0 saturated heterocycles. The zero-order valence-corrected chi connectivity index (χ0v) is 48.9. The van der Waals surface area contributed by atoms with E-state index in [0.29, 0.717) is 19.3 Å². The maximum absolute atomic E-state index is 12.8. The topological polar surface area (TPSA) is 78.9 Å². The monoisotopic (exact) mass is 1020 g/mol. The normalized spacial score (nSPS) is 12.3. The van der Waals surface area contributed by atoms with Gasteiger partial charge in [0.2, 0.25) is 0 Å². The van der Waals surface area contributed by atoms with E-state index in [4.69, 9.17) is 14.2 Å². The fraction of sp³-hybridized carbons (Fsp3) is 0.836. The lowest BCUT2D eigenvalue weighted by Crippen LogP contribution is -2.30. The molecular formula is C67H122O6. The van der Waals surface area contributed by atoms with E-state index in [-0.39, 0.29) is 31.1 Å². The molecule has 0 aromatic carbocycles. The summed E-state index contributed by atoms with van der Waals surface area (Å²) >= 11 is 0. The molecule has 0 aliphatic rings. The van der Waals surface area contributed by atoms with E-state index < -0.39 is 6.10 Å². The third-order valence-electron chi connectivity index (χ3n) is 14.3. The second-order valence-corrected chi connectivity index (χ2v) is 21.7. The van der Waals surface area contributed by atoms with Crippen molar-refractivity contribution in [1.29, 1.82) is 0 Å². The first-order chi connectivity index (χ1) is 36.0. The first-order valence-electron chi connectivity index (χ1n) is 32.1. The summed E-state index contributed by atoms with van der Waals surface area (Å²) in [6.07, 6.45) is 77.2. The zero-order chi connectivity index (χ0) is 52.9. The van der Waals surface area contributed by atoms with Crippen molar-refractivity contribution >= 4 is 17.9 Å². The molecule has 0 N–H and O–H groups in total. The van der Waals surface area contributed by atoms with Gasteiger partial charge in [-0.15, -0.1) is 0 Å². The number of rotatable bonds is 59. The summed E-state index contributed by atoms with van der Waals surface area (Å²) < 4.78 is 16.9. The highest BCUT2D eigenvalue weighted by Gasteiger charge is 2.19. The van der Waals surface area contributed by atoms with E-state index in [1.165, 1.54) is 218 Å². The van der Waals surface area contributed by atoms with Crippen LogP contribution >= 0.6 is 0 Å². The van der Waals surface area contributed by atoms with Crippen molar-refractivity contribution in [2.75, 3.05) is 13.2 Å². The molecule has 0 radical (unpaired) electrons. The highest BCUT2D eigenvalue weighted by atomic mass is 16.6. The van der Waals surface area contributed by atoms with Crippen LogP contribution in [0.1, 0.15) is 342 Å². The molecule has 0 amide bonds. The molecule has 0 aliphatic carbocycles. The van der Waals surface area contributed by atoms with Gasteiger partial charge in [-0.3, -0.25) is 14.4 Å². The van der Waals surface area contributed by atoms with Crippen molar-refractivity contribution in [2.24, 2.45) is 0 Å². The van der Waals surface area contributed by atoms with Gasteiger partial charge in [-0.25, -0.2) is 0 Å². The Morgan fingerprint density at radius 1 is 0.288 bits per heavy atom. The average Bonchev–Trinajstić information content (AvgIpc) is 3.39. The van der Waals surface area contributed by atoms with Crippen molar-refractivity contribution in [2.45, 2.75) is 348 Å². The van der Waals surface area contributed by atoms with Crippen molar-refractivity contribution < 1.29 is 28.6 Å². The first-order valence-corrected chi connectivity index (χ1v) is 32.1. The van der Waals surface area contributed by atoms with Crippen LogP contribution in [0.3, 0.4) is 0 Å². The first kappa shape index (κ1) is 70.4. The summed E-state index contributed by atoms with van der Waals surface area (Å²) in [6.45, 7) is 6.55. The Balaban J connectivity index is 3.99. The van der Waals surface area contributed by atoms with Crippen molar-refractivity contribution in [3.8, 4) is 0 Å². The molecule has 0 fully saturated rings. The Morgan fingerprint density at radius 3 is 0.836 bits per heavy atom. The SMILES string of the molecule is CC/C=C\C/C=C\C/C=C\C/C=C\CCCCCCCCCCCCCCCCCCCCCCC(=O)OCC(COC(=O)CCCCCCCCCCC)OC(=O)CCCCCCCCCCCCCCC. The summed E-state index contributed by atoms with van der Waals surface area (Å²) in [5.74, 6) is -0.847. The van der Waals surface area contributed by atoms with E-state index in [1.54, 1.807) is 0 Å². The molecule has 0 rings (SSSR count). The van der Waals surface area contributed by atoms with Crippen molar-refractivity contribution in [3.63, 3.8) is 0 Å². The van der Waals surface area contributed by atoms with Crippen LogP contribution in [0.5, 0.6) is 0 Å². The molecule has 0 heterocycles. The summed E-state index contributed by atoms with van der Waals surface area (Å²) in [7, 11) is 0. The Kier molecular flexibility index (Phi) is 59.7. The van der Waals surface area contributed by atoms with Crippen LogP contribution in [0.15, 0.2) is 48.6 Å². The van der Waals surface area contributed by atoms with Crippen molar-refractivity contribution in [3.05, 3.63) is 48.6 Å². The molecule has 0 bridgehead atoms. The van der Waals surface area contributed by atoms with E-state index in [9.17, 15) is 14.4 Å². The molecule has 0 aromatic rings. The van der Waals surface area contributed by atoms with Crippen LogP contribution in [0.2, 0.25) is 0 Å². The number of hydrogen-bond acceptors (Lipinski definition) is 6. The van der Waals surface area contributed by atoms with E-state index >= 15 is 0 Å². The summed E-state index contributed by atoms with van der Waals surface area (Å²) in [5.41, 5.74) is 0. The minimum absolute atomic E-state index is 0.0657. The predicted molar refractivity (Wildman–Crippen MR) is 316 cm³/mol. The van der Waals surface area contributed by atoms with Gasteiger partial charge < -0.3 is 14.2 Å². The number of allylic oxidation sites excluding steroid dienone is 8. The Hall–Kier alpha value is -2.63. The quantitative estimate of drug-likeness (QED) is 0.0261. The summed E-state index contributed by atoms with van der Waals surface area (Å²) in [4.78, 5) is 38.1. The van der Waals surface area contributed by atoms with E-state index in [2.05, 4.69) is 69.4 Å². The Morgan fingerprint density at radius 2 is 0.534 bits per heavy atom. The van der Waals surface area contributed by atoms with Gasteiger partial charge in [-0.1, -0.05) is 313 Å². The van der Waals surface area contributed by atoms with Gasteiger partial charge in [0.1, 0.15) is 13.2 Å². The van der Waals surface area contributed by atoms with Crippen LogP contribution in [0.25, 0.3) is 0 Å². The largest absolute Gasteiger partial charge is 0.462 e. The van der Waals surface area contributed by atoms with Crippen LogP contribution in [0, 0.1) is 0 Å². The van der Waals surface area contributed by atoms with E-state index in [0.717, 1.165) is 83.5 Å². The number of carbonyl (C=O) groups excluding carboxylic acids is 3. The van der Waals surface area contributed by atoms with Crippen LogP contribution < -0.4 is 0 Å². The molecule has 0 spiro atoms. The molecular weight excluding hydrogens is 901 g/mol. The summed E-state index contributed by atoms with van der Waals surface area (Å²) in [5, 5.41) is 0. The third kappa shape index (κ3) is 60.1. The molecule has 0 saturated carbocycles. The fourth-order valence-electron chi connectivity index (χ4n) is 9.56. The second-order valence-electron chi connectivity index (χ2n) is 21.7. The lowest BCUT2D eigenvalue weighted by molar-refractivity contribution is -0.167. The maximum atomic E-state index is 12.8. The number of carbonyl (C=O) groups is 3. The lowest BCUT2D eigenvalue weighted by atomic mass is 10.0. The number of hydrogen-bond donors (Lipinski definition) is 0. The molecule has 1 atom stereocenters. The van der Waals surface area contributed by atoms with Gasteiger partial charge in [0.25, 0.3) is 0 Å². The number of esters is 3. The van der Waals surface area contributed by atoms with Gasteiger partial charge in [0.15, 0.2) is 6.10 Å². The third-order valence-corrected chi connectivity index (χ3v) is 14.3. The van der Waals surface area contributed by atoms with Crippen molar-refractivity contribution in [1.82, 2.24) is 0 Å². The number of ether oxygens (including phenoxy) is 3.